The molecule has 1 unspecified atom stereocenters. The standard InChI is InChI=1S/C12H18N4/c1-9-8-16-11(7-10(2)14-16)13-12(9)15-5-3-4-6-15/h7-8,10,14H,3-6H2,1-2H3. The number of hydrogen-bond donors (Lipinski definition) is 1. The van der Waals surface area contributed by atoms with Crippen LogP contribution in [-0.4, -0.2) is 34.9 Å². The van der Waals surface area contributed by atoms with Crippen LogP contribution < -0.4 is 5.43 Å². The molecule has 1 N–H and O–H groups in total. The molecule has 0 spiro atoms. The maximum Gasteiger partial charge on any atom is 0.146 e. The summed E-state index contributed by atoms with van der Waals surface area (Å²) in [7, 11) is 0. The predicted octanol–water partition coefficient (Wildman–Crippen LogP) is 1.45. The van der Waals surface area contributed by atoms with E-state index >= 15 is 0 Å². The van der Waals surface area contributed by atoms with Gasteiger partial charge in [0.25, 0.3) is 0 Å². The van der Waals surface area contributed by atoms with Gasteiger partial charge in [-0.1, -0.05) is 0 Å². The number of amidine groups is 1. The van der Waals surface area contributed by atoms with Crippen molar-refractivity contribution in [3.63, 3.8) is 0 Å². The van der Waals surface area contributed by atoms with Crippen molar-refractivity contribution in [2.24, 2.45) is 4.99 Å². The molecule has 4 nitrogen and oxygen atoms in total. The molecule has 0 radical (unpaired) electrons. The first-order chi connectivity index (χ1) is 7.74. The molecule has 4 heteroatoms. The molecule has 0 aromatic heterocycles. The Hall–Kier alpha value is -1.29. The molecule has 3 aliphatic rings. The van der Waals surface area contributed by atoms with Gasteiger partial charge in [0.05, 0.1) is 0 Å². The molecule has 16 heavy (non-hydrogen) atoms. The maximum atomic E-state index is 4.76. The van der Waals surface area contributed by atoms with Crippen LogP contribution in [-0.2, 0) is 0 Å². The van der Waals surface area contributed by atoms with E-state index in [-0.39, 0.29) is 0 Å². The fourth-order valence-corrected chi connectivity index (χ4v) is 2.52. The highest BCUT2D eigenvalue weighted by molar-refractivity contribution is 5.99. The van der Waals surface area contributed by atoms with E-state index in [0.29, 0.717) is 6.04 Å². The maximum absolute atomic E-state index is 4.76. The predicted molar refractivity (Wildman–Crippen MR) is 64.5 cm³/mol. The lowest BCUT2D eigenvalue weighted by atomic mass is 10.2. The molecule has 0 amide bonds. The van der Waals surface area contributed by atoms with Gasteiger partial charge in [0.1, 0.15) is 11.7 Å². The number of nitrogens with zero attached hydrogens (tertiary/aromatic N) is 3. The van der Waals surface area contributed by atoms with Gasteiger partial charge in [-0.25, -0.2) is 10.4 Å². The molecule has 0 bridgehead atoms. The largest absolute Gasteiger partial charge is 0.356 e. The summed E-state index contributed by atoms with van der Waals surface area (Å²) in [6.45, 7) is 6.58. The first-order valence-electron chi connectivity index (χ1n) is 6.04. The van der Waals surface area contributed by atoms with Gasteiger partial charge in [-0.05, 0) is 32.8 Å². The lowest BCUT2D eigenvalue weighted by molar-refractivity contribution is 0.343. The molecular weight excluding hydrogens is 200 g/mol. The summed E-state index contributed by atoms with van der Waals surface area (Å²) in [5, 5.41) is 2.03. The molecular formula is C12H18N4. The smallest absolute Gasteiger partial charge is 0.146 e. The number of hydrazine groups is 1. The van der Waals surface area contributed by atoms with Crippen molar-refractivity contribution >= 4 is 5.84 Å². The van der Waals surface area contributed by atoms with Gasteiger partial charge in [-0.2, -0.15) is 0 Å². The van der Waals surface area contributed by atoms with E-state index < -0.39 is 0 Å². The Kier molecular flexibility index (Phi) is 2.24. The van der Waals surface area contributed by atoms with Gasteiger partial charge in [0.2, 0.25) is 0 Å². The van der Waals surface area contributed by atoms with Crippen molar-refractivity contribution < 1.29 is 0 Å². The number of nitrogens with one attached hydrogen (secondary N) is 1. The highest BCUT2D eigenvalue weighted by atomic mass is 15.6. The quantitative estimate of drug-likeness (QED) is 0.667. The Morgan fingerprint density at radius 2 is 2.12 bits per heavy atom. The fourth-order valence-electron chi connectivity index (χ4n) is 2.52. The number of rotatable bonds is 0. The van der Waals surface area contributed by atoms with E-state index in [4.69, 9.17) is 4.99 Å². The summed E-state index contributed by atoms with van der Waals surface area (Å²) in [5.41, 5.74) is 4.59. The van der Waals surface area contributed by atoms with Crippen molar-refractivity contribution in [3.8, 4) is 0 Å². The van der Waals surface area contributed by atoms with Crippen LogP contribution in [0.15, 0.2) is 28.7 Å². The summed E-state index contributed by atoms with van der Waals surface area (Å²) >= 11 is 0. The number of likely N-dealkylation sites (tertiary alicyclic amines) is 1. The molecule has 0 aliphatic carbocycles. The fraction of sp³-hybridized carbons (Fsp3) is 0.583. The molecule has 0 aromatic rings. The van der Waals surface area contributed by atoms with Gasteiger partial charge in [0.15, 0.2) is 0 Å². The Labute approximate surface area is 96.3 Å². The van der Waals surface area contributed by atoms with E-state index in [1.807, 2.05) is 5.01 Å². The average molecular weight is 218 g/mol. The lowest BCUT2D eigenvalue weighted by Crippen LogP contribution is -2.37. The van der Waals surface area contributed by atoms with Crippen LogP contribution in [0, 0.1) is 0 Å². The van der Waals surface area contributed by atoms with Crippen LogP contribution in [0.25, 0.3) is 0 Å². The minimum Gasteiger partial charge on any atom is -0.356 e. The summed E-state index contributed by atoms with van der Waals surface area (Å²) in [6, 6.07) is 0.376. The lowest BCUT2D eigenvalue weighted by Gasteiger charge is -2.28. The average Bonchev–Trinajstić information content (AvgIpc) is 2.83. The van der Waals surface area contributed by atoms with Crippen molar-refractivity contribution in [2.75, 3.05) is 13.1 Å². The van der Waals surface area contributed by atoms with Crippen molar-refractivity contribution in [3.05, 3.63) is 23.7 Å². The van der Waals surface area contributed by atoms with Crippen LogP contribution in [0.3, 0.4) is 0 Å². The summed E-state index contributed by atoms with van der Waals surface area (Å²) in [6.07, 6.45) is 6.91. The first kappa shape index (κ1) is 9.90. The summed E-state index contributed by atoms with van der Waals surface area (Å²) in [5.74, 6) is 2.20. The van der Waals surface area contributed by atoms with Crippen molar-refractivity contribution in [1.82, 2.24) is 15.3 Å². The summed E-state index contributed by atoms with van der Waals surface area (Å²) < 4.78 is 0. The molecule has 1 atom stereocenters. The zero-order valence-corrected chi connectivity index (χ0v) is 9.90. The van der Waals surface area contributed by atoms with E-state index in [9.17, 15) is 0 Å². The van der Waals surface area contributed by atoms with Gasteiger partial charge in [-0.3, -0.25) is 5.01 Å². The minimum atomic E-state index is 0.376. The Balaban J connectivity index is 1.90. The zero-order valence-electron chi connectivity index (χ0n) is 9.90. The Morgan fingerprint density at radius 1 is 1.38 bits per heavy atom. The van der Waals surface area contributed by atoms with Crippen LogP contribution in [0.1, 0.15) is 26.7 Å². The van der Waals surface area contributed by atoms with E-state index in [0.717, 1.165) is 24.7 Å². The Morgan fingerprint density at radius 3 is 2.88 bits per heavy atom. The van der Waals surface area contributed by atoms with Crippen molar-refractivity contribution in [2.45, 2.75) is 32.7 Å². The van der Waals surface area contributed by atoms with Gasteiger partial charge in [-0.15, -0.1) is 0 Å². The van der Waals surface area contributed by atoms with Gasteiger partial charge >= 0.3 is 0 Å². The second-order valence-electron chi connectivity index (χ2n) is 4.75. The van der Waals surface area contributed by atoms with E-state index in [2.05, 4.69) is 36.4 Å². The van der Waals surface area contributed by atoms with Crippen LogP contribution >= 0.6 is 0 Å². The van der Waals surface area contributed by atoms with E-state index in [1.54, 1.807) is 0 Å². The second-order valence-corrected chi connectivity index (χ2v) is 4.75. The zero-order chi connectivity index (χ0) is 11.1. The third-order valence-corrected chi connectivity index (χ3v) is 3.29. The topological polar surface area (TPSA) is 30.9 Å². The molecule has 3 heterocycles. The van der Waals surface area contributed by atoms with Gasteiger partial charge in [0, 0.05) is 30.9 Å². The molecule has 0 saturated carbocycles. The number of fused-ring (bicyclic) bond motifs is 1. The highest BCUT2D eigenvalue weighted by Gasteiger charge is 2.26. The minimum absolute atomic E-state index is 0.376. The number of hydrogen-bond acceptors (Lipinski definition) is 4. The normalized spacial score (nSPS) is 28.9. The summed E-state index contributed by atoms with van der Waals surface area (Å²) in [4.78, 5) is 7.15. The van der Waals surface area contributed by atoms with Crippen LogP contribution in [0.5, 0.6) is 0 Å². The van der Waals surface area contributed by atoms with E-state index in [1.165, 1.54) is 18.4 Å². The van der Waals surface area contributed by atoms with Crippen molar-refractivity contribution in [1.29, 1.82) is 0 Å². The SMILES string of the molecule is CC1=CN2NC(C)C=C2N=C1N1CCCC1. The molecule has 3 aliphatic heterocycles. The molecule has 1 saturated heterocycles. The third kappa shape index (κ3) is 1.53. The molecule has 3 rings (SSSR count). The second kappa shape index (κ2) is 3.63. The van der Waals surface area contributed by atoms with Crippen LogP contribution in [0.4, 0.5) is 0 Å². The molecule has 1 fully saturated rings. The monoisotopic (exact) mass is 218 g/mol. The molecule has 86 valence electrons. The molecule has 0 aromatic carbocycles. The third-order valence-electron chi connectivity index (χ3n) is 3.29. The Bertz CT molecular complexity index is 388. The number of aliphatic imine (C=N–C) groups is 1. The van der Waals surface area contributed by atoms with Gasteiger partial charge < -0.3 is 4.90 Å². The van der Waals surface area contributed by atoms with Crippen LogP contribution in [0.2, 0.25) is 0 Å². The first-order valence-corrected chi connectivity index (χ1v) is 6.04. The highest BCUT2D eigenvalue weighted by Crippen LogP contribution is 2.23.